The minimum absolute atomic E-state index is 0.304. The third-order valence-electron chi connectivity index (χ3n) is 3.62. The highest BCUT2D eigenvalue weighted by Gasteiger charge is 2.23. The summed E-state index contributed by atoms with van der Waals surface area (Å²) in [5.41, 5.74) is -0.421. The number of hydrogen-bond donors (Lipinski definition) is 2. The van der Waals surface area contributed by atoms with E-state index < -0.39 is 5.60 Å². The average molecular weight is 299 g/mol. The number of likely N-dealkylation sites (tertiary alicyclic amines) is 1. The van der Waals surface area contributed by atoms with Gasteiger partial charge in [-0.25, -0.2) is 4.79 Å². The summed E-state index contributed by atoms with van der Waals surface area (Å²) < 4.78 is 5.25. The van der Waals surface area contributed by atoms with Crippen molar-refractivity contribution in [3.63, 3.8) is 0 Å². The Hall–Kier alpha value is -0.810. The fraction of sp³-hybridized carbons (Fsp3) is 0.938. The lowest BCUT2D eigenvalue weighted by atomic mass is 10.1. The third-order valence-corrected chi connectivity index (χ3v) is 3.62. The van der Waals surface area contributed by atoms with Gasteiger partial charge in [-0.3, -0.25) is 0 Å². The number of unbranched alkanes of at least 4 members (excludes halogenated alkanes) is 1. The smallest absolute Gasteiger partial charge is 0.407 e. The lowest BCUT2D eigenvalue weighted by Gasteiger charge is -2.21. The van der Waals surface area contributed by atoms with Crippen LogP contribution in [0.2, 0.25) is 0 Å². The van der Waals surface area contributed by atoms with Crippen molar-refractivity contribution in [2.75, 3.05) is 39.3 Å². The standard InChI is InChI=1S/C16H33N3O2/c1-5-6-8-17-9-11-19-10-7-14(13-19)12-18-15(20)21-16(2,3)4/h14,17H,5-13H2,1-4H3,(H,18,20). The van der Waals surface area contributed by atoms with Crippen molar-refractivity contribution in [1.82, 2.24) is 15.5 Å². The number of rotatable bonds is 8. The van der Waals surface area contributed by atoms with Crippen LogP contribution in [0.3, 0.4) is 0 Å². The van der Waals surface area contributed by atoms with Crippen molar-refractivity contribution < 1.29 is 9.53 Å². The Morgan fingerprint density at radius 1 is 1.33 bits per heavy atom. The molecule has 1 saturated heterocycles. The van der Waals surface area contributed by atoms with E-state index in [-0.39, 0.29) is 6.09 Å². The lowest BCUT2D eigenvalue weighted by molar-refractivity contribution is 0.0519. The number of alkyl carbamates (subject to hydrolysis) is 1. The number of amides is 1. The van der Waals surface area contributed by atoms with Crippen LogP contribution in [0.25, 0.3) is 0 Å². The first kappa shape index (κ1) is 18.2. The molecule has 1 heterocycles. The molecule has 0 radical (unpaired) electrons. The molecule has 0 aliphatic carbocycles. The maximum absolute atomic E-state index is 11.6. The van der Waals surface area contributed by atoms with Crippen LogP contribution in [-0.4, -0.2) is 55.9 Å². The van der Waals surface area contributed by atoms with Crippen molar-refractivity contribution in [2.45, 2.75) is 52.6 Å². The van der Waals surface area contributed by atoms with E-state index in [4.69, 9.17) is 4.74 Å². The van der Waals surface area contributed by atoms with E-state index in [2.05, 4.69) is 22.5 Å². The SMILES string of the molecule is CCCCNCCN1CCC(CNC(=O)OC(C)(C)C)C1. The zero-order valence-corrected chi connectivity index (χ0v) is 14.2. The van der Waals surface area contributed by atoms with Crippen molar-refractivity contribution in [3.8, 4) is 0 Å². The highest BCUT2D eigenvalue weighted by atomic mass is 16.6. The first-order valence-corrected chi connectivity index (χ1v) is 8.30. The van der Waals surface area contributed by atoms with Gasteiger partial charge in [-0.15, -0.1) is 0 Å². The van der Waals surface area contributed by atoms with Crippen molar-refractivity contribution in [3.05, 3.63) is 0 Å². The molecule has 1 atom stereocenters. The number of hydrogen-bond acceptors (Lipinski definition) is 4. The van der Waals surface area contributed by atoms with E-state index in [1.54, 1.807) is 0 Å². The second-order valence-corrected chi connectivity index (χ2v) is 6.94. The van der Waals surface area contributed by atoms with Gasteiger partial charge >= 0.3 is 6.09 Å². The molecule has 1 rings (SSSR count). The summed E-state index contributed by atoms with van der Waals surface area (Å²) in [6, 6.07) is 0. The Morgan fingerprint density at radius 3 is 2.76 bits per heavy atom. The summed E-state index contributed by atoms with van der Waals surface area (Å²) >= 11 is 0. The van der Waals surface area contributed by atoms with Crippen LogP contribution in [0.15, 0.2) is 0 Å². The molecule has 0 spiro atoms. The van der Waals surface area contributed by atoms with Crippen molar-refractivity contribution >= 4 is 6.09 Å². The Kier molecular flexibility index (Phi) is 8.04. The van der Waals surface area contributed by atoms with Crippen LogP contribution in [0.5, 0.6) is 0 Å². The predicted molar refractivity (Wildman–Crippen MR) is 86.6 cm³/mol. The largest absolute Gasteiger partial charge is 0.444 e. The van der Waals surface area contributed by atoms with Crippen LogP contribution >= 0.6 is 0 Å². The van der Waals surface area contributed by atoms with Gasteiger partial charge < -0.3 is 20.3 Å². The first-order valence-electron chi connectivity index (χ1n) is 8.30. The highest BCUT2D eigenvalue weighted by molar-refractivity contribution is 5.67. The molecule has 5 heteroatoms. The van der Waals surface area contributed by atoms with Gasteiger partial charge in [-0.1, -0.05) is 13.3 Å². The average Bonchev–Trinajstić information content (AvgIpc) is 2.82. The van der Waals surface area contributed by atoms with E-state index in [9.17, 15) is 4.79 Å². The van der Waals surface area contributed by atoms with E-state index in [1.807, 2.05) is 20.8 Å². The summed E-state index contributed by atoms with van der Waals surface area (Å²) in [5, 5.41) is 6.35. The Bertz CT molecular complexity index is 302. The molecule has 1 fully saturated rings. The lowest BCUT2D eigenvalue weighted by Crippen LogP contribution is -2.36. The topological polar surface area (TPSA) is 53.6 Å². The second kappa shape index (κ2) is 9.26. The quantitative estimate of drug-likeness (QED) is 0.675. The van der Waals surface area contributed by atoms with E-state index in [1.165, 1.54) is 12.8 Å². The normalized spacial score (nSPS) is 19.7. The molecule has 0 aromatic heterocycles. The summed E-state index contributed by atoms with van der Waals surface area (Å²) in [5.74, 6) is 0.549. The number of carbonyl (C=O) groups excluding carboxylic acids is 1. The zero-order valence-electron chi connectivity index (χ0n) is 14.2. The summed E-state index contributed by atoms with van der Waals surface area (Å²) in [7, 11) is 0. The number of nitrogens with one attached hydrogen (secondary N) is 2. The summed E-state index contributed by atoms with van der Waals surface area (Å²) in [4.78, 5) is 14.1. The third kappa shape index (κ3) is 8.94. The molecule has 5 nitrogen and oxygen atoms in total. The maximum atomic E-state index is 11.6. The van der Waals surface area contributed by atoms with Gasteiger partial charge in [-0.05, 0) is 52.6 Å². The zero-order chi connectivity index (χ0) is 15.7. The monoisotopic (exact) mass is 299 g/mol. The fourth-order valence-corrected chi connectivity index (χ4v) is 2.49. The van der Waals surface area contributed by atoms with Gasteiger partial charge in [0.2, 0.25) is 0 Å². The number of carbonyl (C=O) groups is 1. The molecule has 124 valence electrons. The fourth-order valence-electron chi connectivity index (χ4n) is 2.49. The molecule has 0 aromatic carbocycles. The Morgan fingerprint density at radius 2 is 2.10 bits per heavy atom. The van der Waals surface area contributed by atoms with Gasteiger partial charge in [0.25, 0.3) is 0 Å². The first-order chi connectivity index (χ1) is 9.90. The van der Waals surface area contributed by atoms with Gasteiger partial charge in [0, 0.05) is 26.2 Å². The van der Waals surface area contributed by atoms with Crippen LogP contribution in [0.1, 0.15) is 47.0 Å². The van der Waals surface area contributed by atoms with E-state index >= 15 is 0 Å². The molecule has 21 heavy (non-hydrogen) atoms. The van der Waals surface area contributed by atoms with Crippen molar-refractivity contribution in [2.24, 2.45) is 5.92 Å². The highest BCUT2D eigenvalue weighted by Crippen LogP contribution is 2.15. The van der Waals surface area contributed by atoms with Gasteiger partial charge in [0.1, 0.15) is 5.60 Å². The van der Waals surface area contributed by atoms with E-state index in [0.717, 1.165) is 39.1 Å². The molecule has 2 N–H and O–H groups in total. The molecular weight excluding hydrogens is 266 g/mol. The van der Waals surface area contributed by atoms with Gasteiger partial charge in [-0.2, -0.15) is 0 Å². The minimum Gasteiger partial charge on any atom is -0.444 e. The second-order valence-electron chi connectivity index (χ2n) is 6.94. The van der Waals surface area contributed by atoms with Gasteiger partial charge in [0.15, 0.2) is 0 Å². The molecule has 0 bridgehead atoms. The molecule has 1 amide bonds. The molecule has 1 aliphatic rings. The minimum atomic E-state index is -0.421. The molecule has 1 unspecified atom stereocenters. The number of nitrogens with zero attached hydrogens (tertiary/aromatic N) is 1. The molecule has 0 saturated carbocycles. The van der Waals surface area contributed by atoms with Crippen LogP contribution in [0.4, 0.5) is 4.79 Å². The Labute approximate surface area is 129 Å². The number of ether oxygens (including phenoxy) is 1. The molecule has 0 aromatic rings. The van der Waals surface area contributed by atoms with Crippen molar-refractivity contribution in [1.29, 1.82) is 0 Å². The van der Waals surface area contributed by atoms with Crippen LogP contribution in [0, 0.1) is 5.92 Å². The molecular formula is C16H33N3O2. The van der Waals surface area contributed by atoms with Gasteiger partial charge in [0.05, 0.1) is 0 Å². The summed E-state index contributed by atoms with van der Waals surface area (Å²) in [6.45, 7) is 14.1. The molecule has 1 aliphatic heterocycles. The Balaban J connectivity index is 2.07. The predicted octanol–water partition coefficient (Wildman–Crippen LogP) is 2.22. The van der Waals surface area contributed by atoms with Crippen LogP contribution < -0.4 is 10.6 Å². The van der Waals surface area contributed by atoms with E-state index in [0.29, 0.717) is 12.5 Å². The maximum Gasteiger partial charge on any atom is 0.407 e. The summed E-state index contributed by atoms with van der Waals surface area (Å²) in [6.07, 6.45) is 3.35. The van der Waals surface area contributed by atoms with Crippen LogP contribution in [-0.2, 0) is 4.74 Å².